The zero-order valence-corrected chi connectivity index (χ0v) is 11.9. The minimum atomic E-state index is -0.720. The molecule has 0 bridgehead atoms. The summed E-state index contributed by atoms with van der Waals surface area (Å²) in [5, 5.41) is 0. The summed E-state index contributed by atoms with van der Waals surface area (Å²) in [6.07, 6.45) is -1.31. The van der Waals surface area contributed by atoms with Crippen molar-refractivity contribution in [3.63, 3.8) is 0 Å². The van der Waals surface area contributed by atoms with Crippen LogP contribution in [0.3, 0.4) is 0 Å². The average molecular weight is 286 g/mol. The normalized spacial score (nSPS) is 24.8. The lowest BCUT2D eigenvalue weighted by molar-refractivity contribution is -0.129. The molecule has 1 aliphatic carbocycles. The topological polar surface area (TPSA) is 69.7 Å². The molecule has 0 unspecified atom stereocenters. The number of ether oxygens (including phenoxy) is 2. The monoisotopic (exact) mass is 286 g/mol. The second-order valence-electron chi connectivity index (χ2n) is 5.11. The summed E-state index contributed by atoms with van der Waals surface area (Å²) >= 11 is 0. The van der Waals surface area contributed by atoms with Crippen LogP contribution < -0.4 is 4.74 Å². The fourth-order valence-corrected chi connectivity index (χ4v) is 2.90. The highest BCUT2D eigenvalue weighted by molar-refractivity contribution is 6.38. The van der Waals surface area contributed by atoms with Crippen LogP contribution in [-0.2, 0) is 9.53 Å². The van der Waals surface area contributed by atoms with Gasteiger partial charge in [0.25, 0.3) is 0 Å². The Labute approximate surface area is 121 Å². The zero-order valence-electron chi connectivity index (χ0n) is 11.9. The van der Waals surface area contributed by atoms with E-state index in [1.54, 1.807) is 32.0 Å². The van der Waals surface area contributed by atoms with E-state index >= 15 is 0 Å². The number of carbonyl (C=O) groups excluding carboxylic acids is 3. The number of rotatable bonds is 1. The standard InChI is InChI=1S/C16H14O5/c1-7-11-13(14(17)8(2)21-7)15(18)9-5-4-6-10(20-3)12(9)16(11)19/h4-8H,1-3H3/t7-,8+/m1/s1. The van der Waals surface area contributed by atoms with Crippen LogP contribution in [0, 0.1) is 0 Å². The Balaban J connectivity index is 2.29. The van der Waals surface area contributed by atoms with Gasteiger partial charge in [-0.2, -0.15) is 0 Å². The van der Waals surface area contributed by atoms with Gasteiger partial charge in [0.2, 0.25) is 0 Å². The number of benzene rings is 1. The molecule has 0 saturated heterocycles. The molecule has 1 aromatic carbocycles. The Kier molecular flexibility index (Phi) is 3.02. The third-order valence-corrected chi connectivity index (χ3v) is 3.89. The van der Waals surface area contributed by atoms with Crippen LogP contribution in [0.5, 0.6) is 5.75 Å². The molecule has 3 rings (SSSR count). The third-order valence-electron chi connectivity index (χ3n) is 3.89. The number of Topliss-reactive ketones (excluding diaryl/α,β-unsaturated/α-hetero) is 3. The van der Waals surface area contributed by atoms with Crippen molar-refractivity contribution in [1.29, 1.82) is 0 Å². The first-order valence-electron chi connectivity index (χ1n) is 6.67. The molecule has 2 atom stereocenters. The fraction of sp³-hybridized carbons (Fsp3) is 0.312. The maximum Gasteiger partial charge on any atom is 0.198 e. The molecule has 2 aliphatic rings. The van der Waals surface area contributed by atoms with Gasteiger partial charge in [0.1, 0.15) is 11.9 Å². The first kappa shape index (κ1) is 13.7. The van der Waals surface area contributed by atoms with Crippen molar-refractivity contribution >= 4 is 17.3 Å². The molecule has 5 heteroatoms. The van der Waals surface area contributed by atoms with Crippen molar-refractivity contribution in [2.24, 2.45) is 0 Å². The predicted molar refractivity (Wildman–Crippen MR) is 73.7 cm³/mol. The molecular weight excluding hydrogens is 272 g/mol. The molecule has 0 spiro atoms. The quantitative estimate of drug-likeness (QED) is 0.736. The average Bonchev–Trinajstić information content (AvgIpc) is 2.47. The molecule has 0 amide bonds. The second-order valence-corrected chi connectivity index (χ2v) is 5.11. The van der Waals surface area contributed by atoms with Crippen LogP contribution in [-0.4, -0.2) is 36.7 Å². The lowest BCUT2D eigenvalue weighted by Gasteiger charge is -2.31. The van der Waals surface area contributed by atoms with Crippen molar-refractivity contribution in [2.45, 2.75) is 26.1 Å². The summed E-state index contributed by atoms with van der Waals surface area (Å²) in [5.74, 6) is -0.902. The van der Waals surface area contributed by atoms with Gasteiger partial charge < -0.3 is 9.47 Å². The molecule has 1 aromatic rings. The Hall–Kier alpha value is -2.27. The first-order valence-corrected chi connectivity index (χ1v) is 6.67. The molecule has 1 aliphatic heterocycles. The van der Waals surface area contributed by atoms with Crippen LogP contribution in [0.15, 0.2) is 29.3 Å². The minimum Gasteiger partial charge on any atom is -0.496 e. The summed E-state index contributed by atoms with van der Waals surface area (Å²) in [7, 11) is 1.44. The van der Waals surface area contributed by atoms with Gasteiger partial charge in [-0.3, -0.25) is 14.4 Å². The Bertz CT molecular complexity index is 713. The maximum absolute atomic E-state index is 12.7. The minimum absolute atomic E-state index is 0.0352. The van der Waals surface area contributed by atoms with E-state index in [-0.39, 0.29) is 28.1 Å². The Morgan fingerprint density at radius 3 is 2.43 bits per heavy atom. The van der Waals surface area contributed by atoms with Crippen molar-refractivity contribution in [2.75, 3.05) is 7.11 Å². The maximum atomic E-state index is 12.7. The molecule has 0 N–H and O–H groups in total. The van der Waals surface area contributed by atoms with Gasteiger partial charge in [-0.25, -0.2) is 0 Å². The van der Waals surface area contributed by atoms with Crippen LogP contribution >= 0.6 is 0 Å². The van der Waals surface area contributed by atoms with Crippen molar-refractivity contribution in [3.8, 4) is 5.75 Å². The van der Waals surface area contributed by atoms with E-state index < -0.39 is 23.8 Å². The Morgan fingerprint density at radius 1 is 1.05 bits per heavy atom. The van der Waals surface area contributed by atoms with Crippen molar-refractivity contribution in [1.82, 2.24) is 0 Å². The number of fused-ring (bicyclic) bond motifs is 1. The van der Waals surface area contributed by atoms with Gasteiger partial charge >= 0.3 is 0 Å². The summed E-state index contributed by atoms with van der Waals surface area (Å²) in [6.45, 7) is 3.26. The van der Waals surface area contributed by atoms with Crippen molar-refractivity contribution < 1.29 is 23.9 Å². The van der Waals surface area contributed by atoms with E-state index in [9.17, 15) is 14.4 Å². The van der Waals surface area contributed by atoms with E-state index in [0.29, 0.717) is 5.75 Å². The number of hydrogen-bond donors (Lipinski definition) is 0. The number of hydrogen-bond acceptors (Lipinski definition) is 5. The highest BCUT2D eigenvalue weighted by Crippen LogP contribution is 2.37. The summed E-state index contributed by atoms with van der Waals surface area (Å²) in [5.41, 5.74) is 0.529. The summed E-state index contributed by atoms with van der Waals surface area (Å²) in [4.78, 5) is 37.6. The van der Waals surface area contributed by atoms with Crippen LogP contribution in [0.2, 0.25) is 0 Å². The van der Waals surface area contributed by atoms with Gasteiger partial charge in [-0.1, -0.05) is 12.1 Å². The zero-order chi connectivity index (χ0) is 15.3. The number of carbonyl (C=O) groups is 3. The lowest BCUT2D eigenvalue weighted by atomic mass is 9.78. The first-order chi connectivity index (χ1) is 9.97. The van der Waals surface area contributed by atoms with E-state index in [4.69, 9.17) is 9.47 Å². The van der Waals surface area contributed by atoms with Crippen molar-refractivity contribution in [3.05, 3.63) is 40.5 Å². The SMILES string of the molecule is COc1cccc2c1C(=O)C1=C(C2=O)C(=O)[C@H](C)O[C@@H]1C. The molecule has 5 nitrogen and oxygen atoms in total. The van der Waals surface area contributed by atoms with Crippen LogP contribution in [0.1, 0.15) is 34.6 Å². The molecule has 0 aromatic heterocycles. The smallest absolute Gasteiger partial charge is 0.198 e. The van der Waals surface area contributed by atoms with E-state index in [2.05, 4.69) is 0 Å². The van der Waals surface area contributed by atoms with Gasteiger partial charge in [0, 0.05) is 11.1 Å². The van der Waals surface area contributed by atoms with Gasteiger partial charge in [-0.15, -0.1) is 0 Å². The van der Waals surface area contributed by atoms with E-state index in [1.165, 1.54) is 7.11 Å². The van der Waals surface area contributed by atoms with Gasteiger partial charge in [0.05, 0.1) is 24.4 Å². The summed E-state index contributed by atoms with van der Waals surface area (Å²) < 4.78 is 10.6. The summed E-state index contributed by atoms with van der Waals surface area (Å²) in [6, 6.07) is 4.79. The lowest BCUT2D eigenvalue weighted by Crippen LogP contribution is -2.42. The van der Waals surface area contributed by atoms with E-state index in [0.717, 1.165) is 0 Å². The van der Waals surface area contributed by atoms with E-state index in [1.807, 2.05) is 0 Å². The molecule has 108 valence electrons. The Morgan fingerprint density at radius 2 is 1.76 bits per heavy atom. The molecular formula is C16H14O5. The molecule has 0 fully saturated rings. The molecule has 21 heavy (non-hydrogen) atoms. The second kappa shape index (κ2) is 4.63. The van der Waals surface area contributed by atoms with Gasteiger partial charge in [0.15, 0.2) is 17.3 Å². The van der Waals surface area contributed by atoms with Gasteiger partial charge in [-0.05, 0) is 19.9 Å². The fourth-order valence-electron chi connectivity index (χ4n) is 2.90. The molecule has 1 heterocycles. The largest absolute Gasteiger partial charge is 0.496 e. The predicted octanol–water partition coefficient (Wildman–Crippen LogP) is 1.75. The highest BCUT2D eigenvalue weighted by Gasteiger charge is 2.44. The number of methoxy groups -OCH3 is 1. The van der Waals surface area contributed by atoms with Crippen LogP contribution in [0.25, 0.3) is 0 Å². The number of ketones is 3. The van der Waals surface area contributed by atoms with Crippen LogP contribution in [0.4, 0.5) is 0 Å². The highest BCUT2D eigenvalue weighted by atomic mass is 16.5. The molecule has 0 saturated carbocycles. The molecule has 0 radical (unpaired) electrons. The third kappa shape index (κ3) is 1.77.